The average Bonchev–Trinajstić information content (AvgIpc) is 2.04. The van der Waals surface area contributed by atoms with Crippen molar-refractivity contribution >= 4 is 7.12 Å². The predicted molar refractivity (Wildman–Crippen MR) is 52.8 cm³/mol. The third-order valence-electron chi connectivity index (χ3n) is 2.05. The molecule has 4 heteroatoms. The topological polar surface area (TPSA) is 64.2 Å². The van der Waals surface area contributed by atoms with Gasteiger partial charge in [0.15, 0.2) is 0 Å². The number of hydrogen-bond acceptors (Lipinski definition) is 3. The highest BCUT2D eigenvalue weighted by molar-refractivity contribution is 6.40. The Morgan fingerprint density at radius 3 is 2.23 bits per heavy atom. The molecule has 0 spiro atoms. The first-order valence-electron chi connectivity index (χ1n) is 4.82. The Balaban J connectivity index is 3.59. The third kappa shape index (κ3) is 7.82. The van der Waals surface area contributed by atoms with E-state index < -0.39 is 7.12 Å². The van der Waals surface area contributed by atoms with E-state index in [0.29, 0.717) is 18.7 Å². The minimum atomic E-state index is -1.27. The standard InChI is InChI=1S/C9H18BNO2/c1-8(2)3-4-9(7-11)5-6-10(12)13/h8-9,12-13H,3-6H2,1-2H3/t9-/m1/s1. The lowest BCUT2D eigenvalue weighted by molar-refractivity contribution is 0.393. The molecule has 3 nitrogen and oxygen atoms in total. The van der Waals surface area contributed by atoms with Crippen molar-refractivity contribution in [3.63, 3.8) is 0 Å². The van der Waals surface area contributed by atoms with E-state index >= 15 is 0 Å². The Kier molecular flexibility index (Phi) is 6.65. The monoisotopic (exact) mass is 183 g/mol. The minimum absolute atomic E-state index is 0.0239. The van der Waals surface area contributed by atoms with Gasteiger partial charge in [-0.1, -0.05) is 13.8 Å². The molecule has 0 aromatic rings. The second-order valence-electron chi connectivity index (χ2n) is 3.86. The molecule has 0 aliphatic heterocycles. The lowest BCUT2D eigenvalue weighted by Crippen LogP contribution is -2.12. The number of rotatable bonds is 6. The van der Waals surface area contributed by atoms with Crippen LogP contribution >= 0.6 is 0 Å². The van der Waals surface area contributed by atoms with Crippen molar-refractivity contribution in [2.75, 3.05) is 0 Å². The minimum Gasteiger partial charge on any atom is -0.427 e. The first kappa shape index (κ1) is 12.5. The Morgan fingerprint density at radius 2 is 1.85 bits per heavy atom. The van der Waals surface area contributed by atoms with Crippen LogP contribution in [0.3, 0.4) is 0 Å². The third-order valence-corrected chi connectivity index (χ3v) is 2.05. The highest BCUT2D eigenvalue weighted by atomic mass is 16.4. The summed E-state index contributed by atoms with van der Waals surface area (Å²) in [5.74, 6) is 0.582. The van der Waals surface area contributed by atoms with Crippen molar-refractivity contribution < 1.29 is 10.0 Å². The number of nitriles is 1. The molecule has 0 fully saturated rings. The molecule has 0 heterocycles. The van der Waals surface area contributed by atoms with E-state index in [9.17, 15) is 0 Å². The van der Waals surface area contributed by atoms with E-state index in [-0.39, 0.29) is 5.92 Å². The molecule has 0 unspecified atom stereocenters. The lowest BCUT2D eigenvalue weighted by Gasteiger charge is -2.09. The lowest BCUT2D eigenvalue weighted by atomic mass is 9.80. The molecule has 0 radical (unpaired) electrons. The van der Waals surface area contributed by atoms with Gasteiger partial charge in [0, 0.05) is 5.92 Å². The molecule has 0 saturated heterocycles. The van der Waals surface area contributed by atoms with Crippen LogP contribution in [0.4, 0.5) is 0 Å². The summed E-state index contributed by atoms with van der Waals surface area (Å²) in [4.78, 5) is 0. The maximum absolute atomic E-state index is 8.74. The van der Waals surface area contributed by atoms with Crippen LogP contribution in [0, 0.1) is 23.2 Å². The van der Waals surface area contributed by atoms with Crippen molar-refractivity contribution in [2.24, 2.45) is 11.8 Å². The van der Waals surface area contributed by atoms with Gasteiger partial charge in [0.05, 0.1) is 6.07 Å². The Labute approximate surface area is 80.5 Å². The van der Waals surface area contributed by atoms with E-state index in [1.807, 2.05) is 0 Å². The normalized spacial score (nSPS) is 12.6. The molecule has 2 N–H and O–H groups in total. The van der Waals surface area contributed by atoms with E-state index in [0.717, 1.165) is 12.8 Å². The van der Waals surface area contributed by atoms with Crippen LogP contribution in [0.5, 0.6) is 0 Å². The summed E-state index contributed by atoms with van der Waals surface area (Å²) in [6, 6.07) is 2.19. The zero-order chi connectivity index (χ0) is 10.3. The molecule has 1 atom stereocenters. The molecular formula is C9H18BNO2. The zero-order valence-corrected chi connectivity index (χ0v) is 8.40. The molecule has 0 bridgehead atoms. The van der Waals surface area contributed by atoms with Gasteiger partial charge >= 0.3 is 7.12 Å². The van der Waals surface area contributed by atoms with Crippen molar-refractivity contribution in [1.82, 2.24) is 0 Å². The van der Waals surface area contributed by atoms with Crippen LogP contribution < -0.4 is 0 Å². The Bertz CT molecular complexity index is 153. The highest BCUT2D eigenvalue weighted by Crippen LogP contribution is 2.16. The fourth-order valence-corrected chi connectivity index (χ4v) is 1.16. The first-order valence-corrected chi connectivity index (χ1v) is 4.82. The second-order valence-corrected chi connectivity index (χ2v) is 3.86. The Hall–Kier alpha value is -0.525. The fourth-order valence-electron chi connectivity index (χ4n) is 1.16. The molecule has 0 aliphatic carbocycles. The Morgan fingerprint density at radius 1 is 1.23 bits per heavy atom. The highest BCUT2D eigenvalue weighted by Gasteiger charge is 2.13. The van der Waals surface area contributed by atoms with E-state index in [2.05, 4.69) is 19.9 Å². The van der Waals surface area contributed by atoms with Crippen LogP contribution in [0.1, 0.15) is 33.1 Å². The van der Waals surface area contributed by atoms with Crippen LogP contribution in [-0.4, -0.2) is 17.2 Å². The SMILES string of the molecule is CC(C)CC[C@@H](C#N)CCB(O)O. The van der Waals surface area contributed by atoms with Crippen molar-refractivity contribution in [1.29, 1.82) is 5.26 Å². The molecule has 0 rings (SSSR count). The maximum Gasteiger partial charge on any atom is 0.451 e. The molecule has 13 heavy (non-hydrogen) atoms. The molecule has 0 amide bonds. The van der Waals surface area contributed by atoms with E-state index in [1.54, 1.807) is 0 Å². The largest absolute Gasteiger partial charge is 0.451 e. The van der Waals surface area contributed by atoms with Crippen LogP contribution in [0.25, 0.3) is 0 Å². The van der Waals surface area contributed by atoms with Gasteiger partial charge in [0.25, 0.3) is 0 Å². The van der Waals surface area contributed by atoms with Crippen molar-refractivity contribution in [3.8, 4) is 6.07 Å². The average molecular weight is 183 g/mol. The first-order chi connectivity index (χ1) is 6.06. The fraction of sp³-hybridized carbons (Fsp3) is 0.889. The summed E-state index contributed by atoms with van der Waals surface area (Å²) in [6.07, 6.45) is 2.78. The molecule has 0 saturated carbocycles. The van der Waals surface area contributed by atoms with Crippen LogP contribution in [0.2, 0.25) is 6.32 Å². The molecule has 0 aromatic carbocycles. The number of nitrogens with zero attached hydrogens (tertiary/aromatic N) is 1. The summed E-state index contributed by atoms with van der Waals surface area (Å²) >= 11 is 0. The van der Waals surface area contributed by atoms with Gasteiger partial charge < -0.3 is 10.0 Å². The van der Waals surface area contributed by atoms with Crippen LogP contribution in [0.15, 0.2) is 0 Å². The second kappa shape index (κ2) is 6.93. The summed E-state index contributed by atoms with van der Waals surface area (Å²) < 4.78 is 0. The predicted octanol–water partition coefficient (Wildman–Crippen LogP) is 1.43. The molecule has 0 aromatic heterocycles. The van der Waals surface area contributed by atoms with Gasteiger partial charge in [0.2, 0.25) is 0 Å². The summed E-state index contributed by atoms with van der Waals surface area (Å²) in [5, 5.41) is 26.0. The summed E-state index contributed by atoms with van der Waals surface area (Å²) in [7, 11) is -1.27. The van der Waals surface area contributed by atoms with Crippen LogP contribution in [-0.2, 0) is 0 Å². The summed E-state index contributed by atoms with van der Waals surface area (Å²) in [6.45, 7) is 4.24. The van der Waals surface area contributed by atoms with E-state index in [4.69, 9.17) is 15.3 Å². The van der Waals surface area contributed by atoms with Gasteiger partial charge in [-0.3, -0.25) is 0 Å². The van der Waals surface area contributed by atoms with Crippen molar-refractivity contribution in [2.45, 2.75) is 39.4 Å². The van der Waals surface area contributed by atoms with Gasteiger partial charge in [-0.2, -0.15) is 5.26 Å². The molecular weight excluding hydrogens is 165 g/mol. The van der Waals surface area contributed by atoms with Gasteiger partial charge in [-0.05, 0) is 31.5 Å². The van der Waals surface area contributed by atoms with Gasteiger partial charge in [-0.25, -0.2) is 0 Å². The number of hydrogen-bond donors (Lipinski definition) is 2. The quantitative estimate of drug-likeness (QED) is 0.612. The molecule has 0 aliphatic rings. The maximum atomic E-state index is 8.74. The zero-order valence-electron chi connectivity index (χ0n) is 8.40. The molecule has 74 valence electrons. The summed E-state index contributed by atoms with van der Waals surface area (Å²) in [5.41, 5.74) is 0. The van der Waals surface area contributed by atoms with Gasteiger partial charge in [0.1, 0.15) is 0 Å². The van der Waals surface area contributed by atoms with E-state index in [1.165, 1.54) is 0 Å². The smallest absolute Gasteiger partial charge is 0.427 e. The van der Waals surface area contributed by atoms with Crippen molar-refractivity contribution in [3.05, 3.63) is 0 Å². The van der Waals surface area contributed by atoms with Gasteiger partial charge in [-0.15, -0.1) is 0 Å².